The number of piperidine rings is 1. The molecule has 0 aliphatic carbocycles. The fourth-order valence-corrected chi connectivity index (χ4v) is 5.75. The number of hydrogen-bond acceptors (Lipinski definition) is 4. The van der Waals surface area contributed by atoms with Gasteiger partial charge in [0.1, 0.15) is 5.82 Å². The third-order valence-corrected chi connectivity index (χ3v) is 7.64. The molecule has 7 heteroatoms. The van der Waals surface area contributed by atoms with Crippen LogP contribution >= 0.6 is 0 Å². The quantitative estimate of drug-likeness (QED) is 0.550. The number of aromatic nitrogens is 2. The van der Waals surface area contributed by atoms with Crippen LogP contribution in [-0.2, 0) is 28.9 Å². The molecule has 2 aromatic carbocycles. The number of nitrogens with zero attached hydrogens (tertiary/aromatic N) is 4. The van der Waals surface area contributed by atoms with E-state index in [0.717, 1.165) is 61.2 Å². The van der Waals surface area contributed by atoms with Crippen molar-refractivity contribution >= 4 is 23.0 Å². The average Bonchev–Trinajstić information content (AvgIpc) is 3.29. The second-order valence-corrected chi connectivity index (χ2v) is 9.87. The number of carbonyl (C=O) groups excluding carboxylic acids is 2. The van der Waals surface area contributed by atoms with Crippen LogP contribution in [0.3, 0.4) is 0 Å². The average molecular weight is 475 g/mol. The van der Waals surface area contributed by atoms with Crippen LogP contribution in [0.2, 0.25) is 0 Å². The molecule has 2 aliphatic rings. The van der Waals surface area contributed by atoms with Gasteiger partial charge >= 0.3 is 6.09 Å². The van der Waals surface area contributed by atoms with Gasteiger partial charge in [0.2, 0.25) is 5.91 Å². The summed E-state index contributed by atoms with van der Waals surface area (Å²) in [7, 11) is 1.43. The predicted octanol–water partition coefficient (Wildman–Crippen LogP) is 4.69. The Morgan fingerprint density at radius 1 is 1.06 bits per heavy atom. The van der Waals surface area contributed by atoms with Crippen molar-refractivity contribution in [2.45, 2.75) is 58.0 Å². The molecule has 7 nitrogen and oxygen atoms in total. The Kier molecular flexibility index (Phi) is 6.50. The van der Waals surface area contributed by atoms with Crippen molar-refractivity contribution < 1.29 is 14.3 Å². The zero-order chi connectivity index (χ0) is 24.5. The SMILES string of the molecule is COC(=O)N1CCc2ccc3c(nc(C4CCN(C(C)=O)CC4)n3[C@@H](C)Cc3ccccc3)c2C1. The summed E-state index contributed by atoms with van der Waals surface area (Å²) in [4.78, 5) is 33.2. The summed E-state index contributed by atoms with van der Waals surface area (Å²) in [6, 6.07) is 15.2. The highest BCUT2D eigenvalue weighted by atomic mass is 16.5. The molecule has 0 radical (unpaired) electrons. The number of methoxy groups -OCH3 is 1. The van der Waals surface area contributed by atoms with E-state index in [4.69, 9.17) is 9.72 Å². The van der Waals surface area contributed by atoms with Crippen LogP contribution in [0.15, 0.2) is 42.5 Å². The van der Waals surface area contributed by atoms with E-state index >= 15 is 0 Å². The van der Waals surface area contributed by atoms with E-state index in [9.17, 15) is 9.59 Å². The number of likely N-dealkylation sites (tertiary alicyclic amines) is 1. The van der Waals surface area contributed by atoms with Gasteiger partial charge in [0, 0.05) is 44.1 Å². The maximum Gasteiger partial charge on any atom is 0.409 e. The number of fused-ring (bicyclic) bond motifs is 3. The van der Waals surface area contributed by atoms with Gasteiger partial charge in [-0.1, -0.05) is 36.4 Å². The van der Waals surface area contributed by atoms with Crippen LogP contribution in [0.4, 0.5) is 4.79 Å². The van der Waals surface area contributed by atoms with Crippen LogP contribution in [0.5, 0.6) is 0 Å². The Bertz CT molecular complexity index is 1230. The first-order valence-electron chi connectivity index (χ1n) is 12.6. The Balaban J connectivity index is 1.56. The van der Waals surface area contributed by atoms with Crippen molar-refractivity contribution in [3.8, 4) is 0 Å². The molecule has 184 valence electrons. The van der Waals surface area contributed by atoms with Crippen LogP contribution in [0, 0.1) is 0 Å². The Labute approximate surface area is 206 Å². The topological polar surface area (TPSA) is 67.7 Å². The number of hydrogen-bond donors (Lipinski definition) is 0. The molecule has 1 atom stereocenters. The number of ether oxygens (including phenoxy) is 1. The number of amides is 2. The van der Waals surface area contributed by atoms with E-state index < -0.39 is 0 Å². The van der Waals surface area contributed by atoms with Crippen LogP contribution in [-0.4, -0.2) is 58.1 Å². The molecule has 3 aromatic rings. The van der Waals surface area contributed by atoms with Crippen molar-refractivity contribution in [1.82, 2.24) is 19.4 Å². The Morgan fingerprint density at radius 3 is 2.49 bits per heavy atom. The monoisotopic (exact) mass is 474 g/mol. The van der Waals surface area contributed by atoms with Gasteiger partial charge in [-0.3, -0.25) is 4.79 Å². The maximum absolute atomic E-state index is 12.3. The largest absolute Gasteiger partial charge is 0.453 e. The van der Waals surface area contributed by atoms with Crippen LogP contribution in [0.1, 0.15) is 61.2 Å². The molecule has 0 saturated carbocycles. The van der Waals surface area contributed by atoms with Gasteiger partial charge in [0.15, 0.2) is 0 Å². The van der Waals surface area contributed by atoms with Crippen molar-refractivity contribution in [2.75, 3.05) is 26.7 Å². The standard InChI is InChI=1S/C28H34N4O3/c1-19(17-21-7-5-4-6-8-21)32-25-10-9-22-11-16-31(28(34)35-3)18-24(22)26(25)29-27(32)23-12-14-30(15-13-23)20(2)33/h4-10,19,23H,11-18H2,1-3H3/t19-/m0/s1. The molecule has 5 rings (SSSR count). The summed E-state index contributed by atoms with van der Waals surface area (Å²) >= 11 is 0. The van der Waals surface area contributed by atoms with E-state index in [0.29, 0.717) is 19.0 Å². The first-order valence-corrected chi connectivity index (χ1v) is 12.6. The van der Waals surface area contributed by atoms with E-state index in [1.807, 2.05) is 11.0 Å². The summed E-state index contributed by atoms with van der Waals surface area (Å²) in [5.74, 6) is 1.55. The number of benzene rings is 2. The molecule has 35 heavy (non-hydrogen) atoms. The number of rotatable bonds is 4. The van der Waals surface area contributed by atoms with E-state index in [-0.39, 0.29) is 18.0 Å². The van der Waals surface area contributed by atoms with Crippen molar-refractivity contribution in [3.05, 3.63) is 65.0 Å². The van der Waals surface area contributed by atoms with Gasteiger partial charge in [0.25, 0.3) is 0 Å². The third-order valence-electron chi connectivity index (χ3n) is 7.64. The zero-order valence-corrected chi connectivity index (χ0v) is 20.9. The molecule has 2 amide bonds. The van der Waals surface area contributed by atoms with E-state index in [1.165, 1.54) is 18.2 Å². The van der Waals surface area contributed by atoms with Crippen molar-refractivity contribution in [2.24, 2.45) is 0 Å². The minimum Gasteiger partial charge on any atom is -0.453 e. The normalized spacial score (nSPS) is 17.3. The van der Waals surface area contributed by atoms with E-state index in [2.05, 4.69) is 47.9 Å². The van der Waals surface area contributed by atoms with Gasteiger partial charge in [0.05, 0.1) is 24.7 Å². The lowest BCUT2D eigenvalue weighted by molar-refractivity contribution is -0.129. The molecular weight excluding hydrogens is 440 g/mol. The highest BCUT2D eigenvalue weighted by Gasteiger charge is 2.30. The maximum atomic E-state index is 12.3. The first-order chi connectivity index (χ1) is 17.0. The fraction of sp³-hybridized carbons (Fsp3) is 0.464. The summed E-state index contributed by atoms with van der Waals surface area (Å²) in [6.45, 7) is 6.63. The summed E-state index contributed by atoms with van der Waals surface area (Å²) in [5, 5.41) is 0. The minimum atomic E-state index is -0.290. The summed E-state index contributed by atoms with van der Waals surface area (Å²) in [6.07, 6.45) is 3.26. The Morgan fingerprint density at radius 2 is 1.80 bits per heavy atom. The molecule has 2 aliphatic heterocycles. The van der Waals surface area contributed by atoms with Gasteiger partial charge in [-0.05, 0) is 49.8 Å². The van der Waals surface area contributed by atoms with Crippen LogP contribution < -0.4 is 0 Å². The zero-order valence-electron chi connectivity index (χ0n) is 20.9. The van der Waals surface area contributed by atoms with Crippen LogP contribution in [0.25, 0.3) is 11.0 Å². The minimum absolute atomic E-state index is 0.145. The van der Waals surface area contributed by atoms with Gasteiger partial charge < -0.3 is 19.1 Å². The molecule has 3 heterocycles. The van der Waals surface area contributed by atoms with Gasteiger partial charge in [-0.2, -0.15) is 0 Å². The predicted molar refractivity (Wildman–Crippen MR) is 135 cm³/mol. The van der Waals surface area contributed by atoms with Gasteiger partial charge in [-0.15, -0.1) is 0 Å². The second-order valence-electron chi connectivity index (χ2n) is 9.87. The third kappa shape index (κ3) is 4.51. The molecule has 0 spiro atoms. The van der Waals surface area contributed by atoms with Crippen molar-refractivity contribution in [1.29, 1.82) is 0 Å². The highest BCUT2D eigenvalue weighted by molar-refractivity contribution is 5.82. The molecule has 1 aromatic heterocycles. The fourth-order valence-electron chi connectivity index (χ4n) is 5.75. The lowest BCUT2D eigenvalue weighted by Gasteiger charge is -2.32. The lowest BCUT2D eigenvalue weighted by Crippen LogP contribution is -2.37. The number of carbonyl (C=O) groups is 2. The molecule has 1 fully saturated rings. The Hall–Kier alpha value is -3.35. The first kappa shape index (κ1) is 23.4. The number of imidazole rings is 1. The smallest absolute Gasteiger partial charge is 0.409 e. The van der Waals surface area contributed by atoms with E-state index in [1.54, 1.807) is 11.8 Å². The molecular formula is C28H34N4O3. The molecule has 1 saturated heterocycles. The summed E-state index contributed by atoms with van der Waals surface area (Å²) < 4.78 is 7.43. The summed E-state index contributed by atoms with van der Waals surface area (Å²) in [5.41, 5.74) is 5.82. The lowest BCUT2D eigenvalue weighted by atomic mass is 9.95. The molecule has 0 bridgehead atoms. The highest BCUT2D eigenvalue weighted by Crippen LogP contribution is 2.36. The second kappa shape index (κ2) is 9.72. The van der Waals surface area contributed by atoms with Gasteiger partial charge in [-0.25, -0.2) is 9.78 Å². The molecule has 0 unspecified atom stereocenters. The van der Waals surface area contributed by atoms with Crippen molar-refractivity contribution in [3.63, 3.8) is 0 Å². The molecule has 0 N–H and O–H groups in total.